The highest BCUT2D eigenvalue weighted by Gasteiger charge is 2.22. The smallest absolute Gasteiger partial charge is 0.258 e. The Kier molecular flexibility index (Phi) is 6.72. The summed E-state index contributed by atoms with van der Waals surface area (Å²) in [6.45, 7) is 6.96. The summed E-state index contributed by atoms with van der Waals surface area (Å²) in [5.41, 5.74) is 7.62. The largest absolute Gasteiger partial charge is 0.378 e. The summed E-state index contributed by atoms with van der Waals surface area (Å²) in [5, 5.41) is 1.08. The number of rotatable bonds is 5. The molecular weight excluding hydrogens is 442 g/mol. The van der Waals surface area contributed by atoms with E-state index in [9.17, 15) is 4.79 Å². The summed E-state index contributed by atoms with van der Waals surface area (Å²) in [7, 11) is 5.91. The maximum absolute atomic E-state index is 13.2. The lowest BCUT2D eigenvalue weighted by Crippen LogP contribution is -2.37. The monoisotopic (exact) mass is 479 g/mol. The molecule has 0 unspecified atom stereocenters. The Hall–Kier alpha value is -3.37. The summed E-state index contributed by atoms with van der Waals surface area (Å²) in [6.07, 6.45) is 2.47. The molecule has 4 aromatic rings. The predicted molar refractivity (Wildman–Crippen MR) is 153 cm³/mol. The second-order valence-electron chi connectivity index (χ2n) is 10.7. The van der Waals surface area contributed by atoms with Gasteiger partial charge in [-0.15, -0.1) is 0 Å². The molecule has 186 valence electrons. The molecule has 0 spiro atoms. The molecule has 1 fully saturated rings. The Bertz CT molecular complexity index is 1410. The molecule has 1 aromatic heterocycles. The van der Waals surface area contributed by atoms with Gasteiger partial charge in [-0.25, -0.2) is 0 Å². The number of benzene rings is 3. The fourth-order valence-electron chi connectivity index (χ4n) is 5.51. The number of aryl methyl sites for hydroxylation is 1. The van der Waals surface area contributed by atoms with Gasteiger partial charge >= 0.3 is 0 Å². The predicted octanol–water partition coefficient (Wildman–Crippen LogP) is 6.53. The molecule has 0 atom stereocenters. The van der Waals surface area contributed by atoms with Crippen molar-refractivity contribution in [3.8, 4) is 22.3 Å². The van der Waals surface area contributed by atoms with Crippen LogP contribution in [0.4, 0.5) is 5.69 Å². The maximum Gasteiger partial charge on any atom is 0.258 e. The van der Waals surface area contributed by atoms with E-state index in [1.54, 1.807) is 4.57 Å². The molecule has 5 rings (SSSR count). The first-order valence-corrected chi connectivity index (χ1v) is 13.1. The van der Waals surface area contributed by atoms with E-state index in [2.05, 4.69) is 78.2 Å². The summed E-state index contributed by atoms with van der Waals surface area (Å²) in [4.78, 5) is 17.8. The zero-order valence-corrected chi connectivity index (χ0v) is 22.2. The third-order valence-electron chi connectivity index (χ3n) is 7.89. The lowest BCUT2D eigenvalue weighted by atomic mass is 9.88. The molecule has 0 aliphatic carbocycles. The first-order valence-electron chi connectivity index (χ1n) is 13.1. The number of hydrogen-bond donors (Lipinski definition) is 0. The average Bonchev–Trinajstić information content (AvgIpc) is 2.90. The molecule has 3 aromatic carbocycles. The fourth-order valence-corrected chi connectivity index (χ4v) is 5.51. The third kappa shape index (κ3) is 4.70. The van der Waals surface area contributed by atoms with Crippen molar-refractivity contribution in [1.82, 2.24) is 9.47 Å². The standard InChI is InChI=1S/C32H37N3O/c1-22(2)35-18-16-25(17-19-35)23-6-8-24(9-7-23)27-12-15-31-28(20-27)21-30(32(36)34(31)5)26-10-13-29(14-11-26)33(3)4/h6-15,20-22,25H,16-19H2,1-5H3. The van der Waals surface area contributed by atoms with Crippen LogP contribution < -0.4 is 10.5 Å². The number of pyridine rings is 1. The molecule has 0 N–H and O–H groups in total. The van der Waals surface area contributed by atoms with Crippen LogP contribution >= 0.6 is 0 Å². The van der Waals surface area contributed by atoms with Crippen LogP contribution in [0, 0.1) is 0 Å². The van der Waals surface area contributed by atoms with Gasteiger partial charge in [-0.05, 0) is 104 Å². The number of aromatic nitrogens is 1. The lowest BCUT2D eigenvalue weighted by molar-refractivity contribution is 0.172. The first-order chi connectivity index (χ1) is 17.3. The highest BCUT2D eigenvalue weighted by molar-refractivity contribution is 5.88. The summed E-state index contributed by atoms with van der Waals surface area (Å²) in [6, 6.07) is 26.4. The normalized spacial score (nSPS) is 15.1. The van der Waals surface area contributed by atoms with E-state index in [4.69, 9.17) is 0 Å². The SMILES string of the molecule is CC(C)N1CCC(c2ccc(-c3ccc4c(c3)cc(-c3ccc(N(C)C)cc3)c(=O)n4C)cc2)CC1. The molecule has 4 nitrogen and oxygen atoms in total. The van der Waals surface area contributed by atoms with Crippen LogP contribution in [0.15, 0.2) is 77.6 Å². The van der Waals surface area contributed by atoms with Gasteiger partial charge in [0.2, 0.25) is 0 Å². The van der Waals surface area contributed by atoms with Crippen molar-refractivity contribution in [2.24, 2.45) is 7.05 Å². The highest BCUT2D eigenvalue weighted by Crippen LogP contribution is 2.32. The maximum atomic E-state index is 13.2. The van der Waals surface area contributed by atoms with Crippen LogP contribution in [0.2, 0.25) is 0 Å². The minimum atomic E-state index is 0.0284. The summed E-state index contributed by atoms with van der Waals surface area (Å²) < 4.78 is 1.76. The number of nitrogens with zero attached hydrogens (tertiary/aromatic N) is 3. The minimum Gasteiger partial charge on any atom is -0.378 e. The van der Waals surface area contributed by atoms with Crippen molar-refractivity contribution in [3.63, 3.8) is 0 Å². The Morgan fingerprint density at radius 3 is 2.03 bits per heavy atom. The van der Waals surface area contributed by atoms with Crippen molar-refractivity contribution in [2.75, 3.05) is 32.1 Å². The van der Waals surface area contributed by atoms with Crippen LogP contribution in [0.1, 0.15) is 38.2 Å². The number of anilines is 1. The molecule has 0 saturated carbocycles. The zero-order valence-electron chi connectivity index (χ0n) is 22.2. The summed E-state index contributed by atoms with van der Waals surface area (Å²) in [5.74, 6) is 0.654. The first kappa shape index (κ1) is 24.3. The van der Waals surface area contributed by atoms with Gasteiger partial charge in [0.05, 0.1) is 5.52 Å². The third-order valence-corrected chi connectivity index (χ3v) is 7.89. The van der Waals surface area contributed by atoms with Crippen molar-refractivity contribution < 1.29 is 0 Å². The van der Waals surface area contributed by atoms with Crippen LogP contribution in [0.3, 0.4) is 0 Å². The molecule has 0 bridgehead atoms. The molecule has 1 aliphatic rings. The fraction of sp³-hybridized carbons (Fsp3) is 0.344. The topological polar surface area (TPSA) is 28.5 Å². The molecule has 36 heavy (non-hydrogen) atoms. The van der Waals surface area contributed by atoms with Crippen LogP contribution in [0.25, 0.3) is 33.2 Å². The molecule has 0 amide bonds. The van der Waals surface area contributed by atoms with Gasteiger partial charge in [0, 0.05) is 38.4 Å². The zero-order chi connectivity index (χ0) is 25.4. The quantitative estimate of drug-likeness (QED) is 0.326. The molecule has 1 aliphatic heterocycles. The van der Waals surface area contributed by atoms with Gasteiger partial charge in [-0.3, -0.25) is 4.79 Å². The van der Waals surface area contributed by atoms with Gasteiger partial charge in [-0.2, -0.15) is 0 Å². The van der Waals surface area contributed by atoms with Gasteiger partial charge in [0.15, 0.2) is 0 Å². The number of piperidine rings is 1. The molecular formula is C32H37N3O. The molecule has 0 radical (unpaired) electrons. The van der Waals surface area contributed by atoms with Crippen molar-refractivity contribution >= 4 is 16.6 Å². The highest BCUT2D eigenvalue weighted by atomic mass is 16.1. The number of hydrogen-bond acceptors (Lipinski definition) is 3. The molecule has 4 heteroatoms. The Balaban J connectivity index is 1.43. The van der Waals surface area contributed by atoms with E-state index >= 15 is 0 Å². The van der Waals surface area contributed by atoms with Crippen molar-refractivity contribution in [1.29, 1.82) is 0 Å². The van der Waals surface area contributed by atoms with Crippen molar-refractivity contribution in [2.45, 2.75) is 38.6 Å². The van der Waals surface area contributed by atoms with Crippen molar-refractivity contribution in [3.05, 3.63) is 88.7 Å². The Morgan fingerprint density at radius 2 is 1.42 bits per heavy atom. The number of fused-ring (bicyclic) bond motifs is 1. The van der Waals surface area contributed by atoms with E-state index in [0.29, 0.717) is 12.0 Å². The average molecular weight is 480 g/mol. The van der Waals surface area contributed by atoms with E-state index in [1.807, 2.05) is 39.3 Å². The van der Waals surface area contributed by atoms with Gasteiger partial charge in [-0.1, -0.05) is 42.5 Å². The van der Waals surface area contributed by atoms with Crippen LogP contribution in [-0.2, 0) is 7.05 Å². The summed E-state index contributed by atoms with van der Waals surface area (Å²) >= 11 is 0. The second kappa shape index (κ2) is 9.94. The van der Waals surface area contributed by atoms with E-state index in [0.717, 1.165) is 27.7 Å². The van der Waals surface area contributed by atoms with E-state index in [-0.39, 0.29) is 5.56 Å². The molecule has 1 saturated heterocycles. The van der Waals surface area contributed by atoms with Crippen LogP contribution in [0.5, 0.6) is 0 Å². The Morgan fingerprint density at radius 1 is 0.806 bits per heavy atom. The Labute approximate surface area is 214 Å². The van der Waals surface area contributed by atoms with E-state index < -0.39 is 0 Å². The number of likely N-dealkylation sites (tertiary alicyclic amines) is 1. The van der Waals surface area contributed by atoms with Crippen LogP contribution in [-0.4, -0.2) is 42.7 Å². The van der Waals surface area contributed by atoms with E-state index in [1.165, 1.54) is 42.6 Å². The second-order valence-corrected chi connectivity index (χ2v) is 10.7. The lowest BCUT2D eigenvalue weighted by Gasteiger charge is -2.34. The molecule has 2 heterocycles. The minimum absolute atomic E-state index is 0.0284. The van der Waals surface area contributed by atoms with Gasteiger partial charge in [0.25, 0.3) is 5.56 Å². The van der Waals surface area contributed by atoms with Gasteiger partial charge < -0.3 is 14.4 Å². The van der Waals surface area contributed by atoms with Gasteiger partial charge in [0.1, 0.15) is 0 Å².